The lowest BCUT2D eigenvalue weighted by Crippen LogP contribution is -2.38. The molecule has 1 aromatic carbocycles. The van der Waals surface area contributed by atoms with Crippen LogP contribution < -0.4 is 15.8 Å². The van der Waals surface area contributed by atoms with Crippen LogP contribution in [0.2, 0.25) is 0 Å². The largest absolute Gasteiger partial charge is 0.497 e. The van der Waals surface area contributed by atoms with Gasteiger partial charge in [0.2, 0.25) is 0 Å². The zero-order chi connectivity index (χ0) is 15.8. The van der Waals surface area contributed by atoms with Crippen LogP contribution in [0, 0.1) is 0 Å². The molecule has 22 heavy (non-hydrogen) atoms. The summed E-state index contributed by atoms with van der Waals surface area (Å²) >= 11 is 0. The molecule has 0 spiro atoms. The molecule has 2 rings (SSSR count). The number of hydrogen-bond donors (Lipinski definition) is 2. The lowest BCUT2D eigenvalue weighted by Gasteiger charge is -2.22. The van der Waals surface area contributed by atoms with Crippen LogP contribution in [0.4, 0.5) is 0 Å². The van der Waals surface area contributed by atoms with E-state index in [-0.39, 0.29) is 24.4 Å². The van der Waals surface area contributed by atoms with Crippen LogP contribution >= 0.6 is 0 Å². The topological polar surface area (TPSA) is 85.9 Å². The highest BCUT2D eigenvalue weighted by Crippen LogP contribution is 2.17. The van der Waals surface area contributed by atoms with Crippen molar-refractivity contribution >= 4 is 11.7 Å². The highest BCUT2D eigenvalue weighted by Gasteiger charge is 2.15. The normalized spacial score (nSPS) is 16.1. The molecule has 0 atom stereocenters. The molecule has 1 amide bonds. The Morgan fingerprint density at radius 3 is 2.59 bits per heavy atom. The molecule has 3 N–H and O–H groups in total. The maximum Gasteiger partial charge on any atom is 0.260 e. The third-order valence-corrected chi connectivity index (χ3v) is 3.71. The second-order valence-electron chi connectivity index (χ2n) is 5.38. The first-order valence-electron chi connectivity index (χ1n) is 7.58. The van der Waals surface area contributed by atoms with Crippen molar-refractivity contribution in [2.45, 2.75) is 38.1 Å². The van der Waals surface area contributed by atoms with Crippen molar-refractivity contribution in [1.29, 1.82) is 0 Å². The minimum absolute atomic E-state index is 0.118. The van der Waals surface area contributed by atoms with E-state index in [2.05, 4.69) is 10.5 Å². The Labute approximate surface area is 130 Å². The zero-order valence-electron chi connectivity index (χ0n) is 12.9. The van der Waals surface area contributed by atoms with E-state index in [1.54, 1.807) is 31.4 Å². The van der Waals surface area contributed by atoms with E-state index < -0.39 is 0 Å². The van der Waals surface area contributed by atoms with Gasteiger partial charge in [-0.2, -0.15) is 0 Å². The first-order valence-corrected chi connectivity index (χ1v) is 7.58. The van der Waals surface area contributed by atoms with Gasteiger partial charge in [0, 0.05) is 11.6 Å². The second-order valence-corrected chi connectivity index (χ2v) is 5.38. The molecule has 0 aliphatic heterocycles. The van der Waals surface area contributed by atoms with Crippen molar-refractivity contribution in [2.24, 2.45) is 10.9 Å². The predicted molar refractivity (Wildman–Crippen MR) is 84.7 cm³/mol. The highest BCUT2D eigenvalue weighted by molar-refractivity contribution is 5.97. The molecule has 1 aliphatic carbocycles. The summed E-state index contributed by atoms with van der Waals surface area (Å²) in [5, 5.41) is 6.73. The fourth-order valence-electron chi connectivity index (χ4n) is 2.49. The van der Waals surface area contributed by atoms with Crippen molar-refractivity contribution in [2.75, 3.05) is 13.7 Å². The maximum absolute atomic E-state index is 11.8. The van der Waals surface area contributed by atoms with Crippen molar-refractivity contribution in [3.8, 4) is 5.75 Å². The van der Waals surface area contributed by atoms with E-state index in [4.69, 9.17) is 15.3 Å². The van der Waals surface area contributed by atoms with Crippen LogP contribution in [-0.2, 0) is 9.63 Å². The average Bonchev–Trinajstić information content (AvgIpc) is 2.55. The highest BCUT2D eigenvalue weighted by atomic mass is 16.6. The molecule has 120 valence electrons. The summed E-state index contributed by atoms with van der Waals surface area (Å²) < 4.78 is 5.07. The number of nitrogens with one attached hydrogen (secondary N) is 1. The van der Waals surface area contributed by atoms with E-state index >= 15 is 0 Å². The molecule has 0 heterocycles. The molecule has 1 aromatic rings. The monoisotopic (exact) mass is 305 g/mol. The van der Waals surface area contributed by atoms with E-state index in [1.807, 2.05) is 0 Å². The number of ether oxygens (including phenoxy) is 1. The SMILES string of the molecule is COc1ccc(/C(N)=N\OCC(=O)NC2CCCCC2)cc1. The van der Waals surface area contributed by atoms with Crippen LogP contribution in [0.15, 0.2) is 29.4 Å². The average molecular weight is 305 g/mol. The minimum atomic E-state index is -0.154. The van der Waals surface area contributed by atoms with Gasteiger partial charge in [0.25, 0.3) is 5.91 Å². The molecular formula is C16H23N3O3. The first-order chi connectivity index (χ1) is 10.7. The minimum Gasteiger partial charge on any atom is -0.497 e. The molecule has 0 unspecified atom stereocenters. The number of benzene rings is 1. The summed E-state index contributed by atoms with van der Waals surface area (Å²) in [6.45, 7) is -0.118. The standard InChI is InChI=1S/C16H23N3O3/c1-21-14-9-7-12(8-10-14)16(17)19-22-11-15(20)18-13-5-3-2-4-6-13/h7-10,13H,2-6,11H2,1H3,(H2,17,19)(H,18,20). The summed E-state index contributed by atoms with van der Waals surface area (Å²) in [5.41, 5.74) is 6.53. The Hall–Kier alpha value is -2.24. The maximum atomic E-state index is 11.8. The van der Waals surface area contributed by atoms with Crippen molar-refractivity contribution < 1.29 is 14.4 Å². The number of nitrogens with two attached hydrogens (primary N) is 1. The van der Waals surface area contributed by atoms with Gasteiger partial charge in [-0.3, -0.25) is 4.79 Å². The lowest BCUT2D eigenvalue weighted by atomic mass is 9.95. The number of amides is 1. The van der Waals surface area contributed by atoms with Gasteiger partial charge < -0.3 is 20.6 Å². The number of carbonyl (C=O) groups excluding carboxylic acids is 1. The van der Waals surface area contributed by atoms with Crippen molar-refractivity contribution in [1.82, 2.24) is 5.32 Å². The van der Waals surface area contributed by atoms with Crippen LogP contribution in [0.5, 0.6) is 5.75 Å². The molecule has 0 aromatic heterocycles. The molecule has 6 heteroatoms. The van der Waals surface area contributed by atoms with Gasteiger partial charge in [-0.1, -0.05) is 24.4 Å². The summed E-state index contributed by atoms with van der Waals surface area (Å²) in [6, 6.07) is 7.40. The van der Waals surface area contributed by atoms with Crippen molar-refractivity contribution in [3.63, 3.8) is 0 Å². The number of amidine groups is 1. The third kappa shape index (κ3) is 4.95. The molecular weight excluding hydrogens is 282 g/mol. The summed E-state index contributed by atoms with van der Waals surface area (Å²) in [4.78, 5) is 16.8. The number of hydrogen-bond acceptors (Lipinski definition) is 4. The van der Waals surface area contributed by atoms with Gasteiger partial charge in [-0.15, -0.1) is 0 Å². The number of rotatable bonds is 6. The molecule has 0 radical (unpaired) electrons. The van der Waals surface area contributed by atoms with Gasteiger partial charge in [0.1, 0.15) is 5.75 Å². The predicted octanol–water partition coefficient (Wildman–Crippen LogP) is 1.78. The Morgan fingerprint density at radius 1 is 1.27 bits per heavy atom. The van der Waals surface area contributed by atoms with Gasteiger partial charge in [-0.25, -0.2) is 0 Å². The molecule has 0 saturated heterocycles. The van der Waals surface area contributed by atoms with Gasteiger partial charge >= 0.3 is 0 Å². The summed E-state index contributed by atoms with van der Waals surface area (Å²) in [7, 11) is 1.60. The van der Waals surface area contributed by atoms with E-state index in [1.165, 1.54) is 19.3 Å². The second kappa shape index (κ2) is 8.26. The smallest absolute Gasteiger partial charge is 0.260 e. The Morgan fingerprint density at radius 2 is 1.95 bits per heavy atom. The summed E-state index contributed by atoms with van der Waals surface area (Å²) in [6.07, 6.45) is 5.69. The molecule has 0 bridgehead atoms. The quantitative estimate of drug-likeness (QED) is 0.476. The zero-order valence-corrected chi connectivity index (χ0v) is 12.9. The van der Waals surface area contributed by atoms with E-state index in [0.717, 1.165) is 18.6 Å². The van der Waals surface area contributed by atoms with Crippen LogP contribution in [0.3, 0.4) is 0 Å². The summed E-state index contributed by atoms with van der Waals surface area (Å²) in [5.74, 6) is 0.815. The lowest BCUT2D eigenvalue weighted by molar-refractivity contribution is -0.126. The molecule has 6 nitrogen and oxygen atoms in total. The number of oxime groups is 1. The molecule has 1 aliphatic rings. The van der Waals surface area contributed by atoms with Crippen molar-refractivity contribution in [3.05, 3.63) is 29.8 Å². The van der Waals surface area contributed by atoms with E-state index in [9.17, 15) is 4.79 Å². The number of carbonyl (C=O) groups is 1. The Balaban J connectivity index is 1.76. The van der Waals surface area contributed by atoms with Crippen LogP contribution in [0.25, 0.3) is 0 Å². The van der Waals surface area contributed by atoms with Gasteiger partial charge in [0.15, 0.2) is 12.4 Å². The van der Waals surface area contributed by atoms with Crippen LogP contribution in [0.1, 0.15) is 37.7 Å². The number of methoxy groups -OCH3 is 1. The van der Waals surface area contributed by atoms with Gasteiger partial charge in [0.05, 0.1) is 7.11 Å². The van der Waals surface area contributed by atoms with E-state index in [0.29, 0.717) is 5.56 Å². The number of nitrogens with zero attached hydrogens (tertiary/aromatic N) is 1. The fourth-order valence-corrected chi connectivity index (χ4v) is 2.49. The molecule has 1 fully saturated rings. The van der Waals surface area contributed by atoms with Crippen LogP contribution in [-0.4, -0.2) is 31.5 Å². The Kier molecular flexibility index (Phi) is 6.06. The third-order valence-electron chi connectivity index (χ3n) is 3.71. The fraction of sp³-hybridized carbons (Fsp3) is 0.500. The molecule has 1 saturated carbocycles. The first kappa shape index (κ1) is 16.1. The Bertz CT molecular complexity index is 508. The van der Waals surface area contributed by atoms with Gasteiger partial charge in [-0.05, 0) is 37.1 Å².